The zero-order valence-electron chi connectivity index (χ0n) is 27.4. The van der Waals surface area contributed by atoms with Gasteiger partial charge in [0.25, 0.3) is 0 Å². The average molecular weight is 721 g/mol. The first-order valence-corrected chi connectivity index (χ1v) is 19.2. The summed E-state index contributed by atoms with van der Waals surface area (Å²) in [7, 11) is -4.13. The number of fused-ring (bicyclic) bond motifs is 1. The van der Waals surface area contributed by atoms with E-state index in [1.807, 2.05) is 13.8 Å². The number of sulfonamides is 1. The maximum Gasteiger partial charge on any atom is 0.407 e. The molecule has 4 aliphatic rings. The average Bonchev–Trinajstić information content (AvgIpc) is 3.44. The number of hydrogen-bond donors (Lipinski definition) is 3. The Labute approximate surface area is 288 Å². The Kier molecular flexibility index (Phi) is 9.85. The van der Waals surface area contributed by atoms with Crippen LogP contribution >= 0.6 is 11.3 Å². The summed E-state index contributed by atoms with van der Waals surface area (Å²) in [6.45, 7) is 4.46. The molecule has 1 aromatic heterocycles. The highest BCUT2D eigenvalue weighted by molar-refractivity contribution is 7.89. The number of carbonyl (C=O) groups is 1. The van der Waals surface area contributed by atoms with Crippen LogP contribution in [0, 0.1) is 35.3 Å². The summed E-state index contributed by atoms with van der Waals surface area (Å²) < 4.78 is 75.9. The highest BCUT2D eigenvalue weighted by Gasteiger charge is 2.55. The monoisotopic (exact) mass is 720 g/mol. The van der Waals surface area contributed by atoms with Crippen molar-refractivity contribution in [1.82, 2.24) is 14.6 Å². The minimum absolute atomic E-state index is 0.0520. The van der Waals surface area contributed by atoms with Gasteiger partial charge in [-0.15, -0.1) is 0 Å². The number of thiazole rings is 1. The molecule has 1 amide bonds. The molecule has 11 nitrogen and oxygen atoms in total. The molecule has 2 aromatic carbocycles. The number of aliphatic hydroxyl groups is 1. The summed E-state index contributed by atoms with van der Waals surface area (Å²) in [5.74, 6) is -1.30. The number of carbonyl (C=O) groups excluding carboxylic acids is 1. The third kappa shape index (κ3) is 7.71. The third-order valence-corrected chi connectivity index (χ3v) is 12.6. The predicted molar refractivity (Wildman–Crippen MR) is 179 cm³/mol. The van der Waals surface area contributed by atoms with Gasteiger partial charge in [0.1, 0.15) is 17.7 Å². The molecule has 0 spiro atoms. The maximum atomic E-state index is 14.2. The molecule has 7 atom stereocenters. The van der Waals surface area contributed by atoms with Gasteiger partial charge in [-0.25, -0.2) is 27.0 Å². The Balaban J connectivity index is 1.10. The maximum absolute atomic E-state index is 14.2. The Morgan fingerprint density at radius 1 is 1.12 bits per heavy atom. The van der Waals surface area contributed by atoms with Crippen LogP contribution in [0.4, 0.5) is 18.7 Å². The summed E-state index contributed by atoms with van der Waals surface area (Å²) in [6.07, 6.45) is 0.396. The van der Waals surface area contributed by atoms with Gasteiger partial charge >= 0.3 is 6.09 Å². The van der Waals surface area contributed by atoms with Crippen LogP contribution in [-0.4, -0.2) is 85.8 Å². The van der Waals surface area contributed by atoms with E-state index in [1.54, 1.807) is 12.1 Å². The molecule has 2 aliphatic heterocycles. The molecule has 0 bridgehead atoms. The highest BCUT2D eigenvalue weighted by atomic mass is 32.2. The van der Waals surface area contributed by atoms with E-state index in [1.165, 1.54) is 21.7 Å². The van der Waals surface area contributed by atoms with Crippen molar-refractivity contribution in [2.75, 3.05) is 31.6 Å². The first kappa shape index (κ1) is 34.5. The molecule has 2 saturated heterocycles. The summed E-state index contributed by atoms with van der Waals surface area (Å²) in [5.41, 5.74) is 0.869. The first-order chi connectivity index (χ1) is 23.4. The summed E-state index contributed by atoms with van der Waals surface area (Å²) in [5, 5.41) is 18.4. The van der Waals surface area contributed by atoms with Crippen molar-refractivity contribution in [1.29, 1.82) is 0 Å². The Morgan fingerprint density at radius 3 is 2.63 bits per heavy atom. The number of rotatable bonds is 13. The summed E-state index contributed by atoms with van der Waals surface area (Å²) in [4.78, 5) is 18.0. The fourth-order valence-electron chi connectivity index (χ4n) is 7.44. The number of hydrogen-bond acceptors (Lipinski definition) is 10. The number of nitrogens with one attached hydrogen (secondary N) is 2. The van der Waals surface area contributed by atoms with Crippen molar-refractivity contribution >= 4 is 42.8 Å². The van der Waals surface area contributed by atoms with E-state index in [4.69, 9.17) is 14.2 Å². The SMILES string of the molecule is CC(C)CN(C[C@@H](O)[C@H](Cc1cc(F)cc(F)c1)NC(=O)O[C@H]1CC2CO[C@H]3OCC[C@@H]1[C@@H]23)S(=O)(=O)c1ccc2nc(NC3CC3)sc2c1. The van der Waals surface area contributed by atoms with Gasteiger partial charge in [0, 0.05) is 37.0 Å². The van der Waals surface area contributed by atoms with Crippen LogP contribution in [0.15, 0.2) is 41.3 Å². The summed E-state index contributed by atoms with van der Waals surface area (Å²) in [6, 6.07) is 7.01. The molecule has 2 aliphatic carbocycles. The van der Waals surface area contributed by atoms with Crippen LogP contribution in [0.1, 0.15) is 45.1 Å². The number of anilines is 1. The second kappa shape index (κ2) is 14.0. The van der Waals surface area contributed by atoms with E-state index in [-0.39, 0.29) is 66.0 Å². The lowest BCUT2D eigenvalue weighted by molar-refractivity contribution is -0.173. The zero-order valence-corrected chi connectivity index (χ0v) is 29.0. The number of aromatic nitrogens is 1. The molecule has 3 heterocycles. The highest BCUT2D eigenvalue weighted by Crippen LogP contribution is 2.50. The number of amides is 1. The third-order valence-electron chi connectivity index (χ3n) is 9.84. The van der Waals surface area contributed by atoms with Gasteiger partial charge in [-0.2, -0.15) is 4.31 Å². The number of benzene rings is 2. The standard InChI is InChI=1S/C34H42F2N4O7S2/c1-18(2)15-40(49(43,44)24-5-6-26-30(14-24)48-33(38-26)37-23-3-4-23)16-28(41)27(11-19-9-21(35)13-22(36)10-19)39-34(42)47-29-12-20-17-46-32-31(20)25(29)7-8-45-32/h5-6,9-10,13-14,18,20,23,25,27-29,31-32,41H,3-4,7-8,11-12,15-17H2,1-2H3,(H,37,38)(H,39,42)/t20?,25-,27-,28+,29-,31+,32+/m0/s1. The van der Waals surface area contributed by atoms with Crippen LogP contribution in [0.25, 0.3) is 10.2 Å². The van der Waals surface area contributed by atoms with Gasteiger partial charge in [0.15, 0.2) is 11.4 Å². The van der Waals surface area contributed by atoms with Crippen LogP contribution < -0.4 is 10.6 Å². The van der Waals surface area contributed by atoms with E-state index in [0.717, 1.165) is 42.6 Å². The van der Waals surface area contributed by atoms with Crippen LogP contribution in [0.5, 0.6) is 0 Å². The molecule has 2 saturated carbocycles. The lowest BCUT2D eigenvalue weighted by Gasteiger charge is -2.33. The van der Waals surface area contributed by atoms with Gasteiger partial charge < -0.3 is 30.0 Å². The normalized spacial score (nSPS) is 26.2. The fraction of sp³-hybridized carbons (Fsp3) is 0.588. The molecule has 7 rings (SSSR count). The number of nitrogens with zero attached hydrogens (tertiary/aromatic N) is 2. The lowest BCUT2D eigenvalue weighted by atomic mass is 9.87. The lowest BCUT2D eigenvalue weighted by Crippen LogP contribution is -2.51. The van der Waals surface area contributed by atoms with E-state index >= 15 is 0 Å². The molecular formula is C34H42F2N4O7S2. The van der Waals surface area contributed by atoms with Crippen LogP contribution in [0.3, 0.4) is 0 Å². The van der Waals surface area contributed by atoms with E-state index in [2.05, 4.69) is 15.6 Å². The second-order valence-corrected chi connectivity index (χ2v) is 17.1. The van der Waals surface area contributed by atoms with E-state index < -0.39 is 39.9 Å². The molecule has 0 radical (unpaired) electrons. The minimum Gasteiger partial charge on any atom is -0.446 e. The predicted octanol–water partition coefficient (Wildman–Crippen LogP) is 4.89. The number of halogens is 2. The first-order valence-electron chi connectivity index (χ1n) is 16.9. The zero-order chi connectivity index (χ0) is 34.4. The van der Waals surface area contributed by atoms with Crippen molar-refractivity contribution in [3.8, 4) is 0 Å². The van der Waals surface area contributed by atoms with Crippen LogP contribution in [0.2, 0.25) is 0 Å². The molecule has 49 heavy (non-hydrogen) atoms. The quantitative estimate of drug-likeness (QED) is 0.225. The number of ether oxygens (including phenoxy) is 3. The van der Waals surface area contributed by atoms with Gasteiger partial charge in [-0.05, 0) is 79.8 Å². The van der Waals surface area contributed by atoms with Crippen molar-refractivity contribution < 1.29 is 41.3 Å². The molecule has 1 unspecified atom stereocenters. The number of aliphatic hydroxyl groups excluding tert-OH is 1. The van der Waals surface area contributed by atoms with E-state index in [9.17, 15) is 27.1 Å². The van der Waals surface area contributed by atoms with Crippen molar-refractivity contribution in [3.05, 3.63) is 53.6 Å². The molecule has 3 N–H and O–H groups in total. The van der Waals surface area contributed by atoms with Crippen molar-refractivity contribution in [2.24, 2.45) is 23.7 Å². The fourth-order valence-corrected chi connectivity index (χ4v) is 10.1. The smallest absolute Gasteiger partial charge is 0.407 e. The largest absolute Gasteiger partial charge is 0.446 e. The Hall–Kier alpha value is -2.95. The van der Waals surface area contributed by atoms with Crippen molar-refractivity contribution in [3.63, 3.8) is 0 Å². The Bertz CT molecular complexity index is 1770. The topological polar surface area (TPSA) is 139 Å². The van der Waals surface area contributed by atoms with Gasteiger partial charge in [0.2, 0.25) is 10.0 Å². The van der Waals surface area contributed by atoms with Crippen LogP contribution in [-0.2, 0) is 30.7 Å². The van der Waals surface area contributed by atoms with Gasteiger partial charge in [-0.3, -0.25) is 0 Å². The molecule has 266 valence electrons. The van der Waals surface area contributed by atoms with E-state index in [0.29, 0.717) is 35.9 Å². The van der Waals surface area contributed by atoms with Gasteiger partial charge in [-0.1, -0.05) is 25.2 Å². The minimum atomic E-state index is -4.13. The summed E-state index contributed by atoms with van der Waals surface area (Å²) >= 11 is 1.38. The molecule has 4 fully saturated rings. The molecule has 15 heteroatoms. The molecular weight excluding hydrogens is 679 g/mol. The van der Waals surface area contributed by atoms with Crippen molar-refractivity contribution in [2.45, 2.75) is 81.4 Å². The van der Waals surface area contributed by atoms with Gasteiger partial charge in [0.05, 0.1) is 40.5 Å². The Morgan fingerprint density at radius 2 is 1.90 bits per heavy atom. The number of alkyl carbamates (subject to hydrolysis) is 1. The molecule has 3 aromatic rings. The second-order valence-electron chi connectivity index (χ2n) is 14.1.